The highest BCUT2D eigenvalue weighted by molar-refractivity contribution is 7.99. The molecule has 162 valence electrons. The summed E-state index contributed by atoms with van der Waals surface area (Å²) >= 11 is 1.45. The highest BCUT2D eigenvalue weighted by Gasteiger charge is 2.14. The van der Waals surface area contributed by atoms with Crippen LogP contribution < -0.4 is 5.32 Å². The smallest absolute Gasteiger partial charge is 0.230 e. The third-order valence-electron chi connectivity index (χ3n) is 5.31. The first-order chi connectivity index (χ1) is 15.2. The number of nitrogens with zero attached hydrogens (tertiary/aromatic N) is 3. The van der Waals surface area contributed by atoms with Crippen LogP contribution in [0.2, 0.25) is 0 Å². The lowest BCUT2D eigenvalue weighted by molar-refractivity contribution is -0.118. The molecular weight excluding hydrogens is 408 g/mol. The summed E-state index contributed by atoms with van der Waals surface area (Å²) in [5.74, 6) is 0.332. The molecule has 1 fully saturated rings. The Hall–Kier alpha value is -2.61. The Balaban J connectivity index is 1.31. The van der Waals surface area contributed by atoms with Gasteiger partial charge in [-0.25, -0.2) is 4.98 Å². The standard InChI is InChI=1S/C24H28N4O2S/c1-19-5-4-8-22(15-19)28-10-9-25-24(28)31-18-23(29)26-16-20-6-2-3-7-21(20)17-27-11-13-30-14-12-27/h2-10,15H,11-14,16-18H2,1H3,(H,26,29). The lowest BCUT2D eigenvalue weighted by atomic mass is 10.1. The van der Waals surface area contributed by atoms with Crippen LogP contribution in [0.3, 0.4) is 0 Å². The van der Waals surface area contributed by atoms with Crippen LogP contribution in [0.4, 0.5) is 0 Å². The first-order valence-corrected chi connectivity index (χ1v) is 11.5. The van der Waals surface area contributed by atoms with Crippen molar-refractivity contribution in [2.75, 3.05) is 32.1 Å². The number of amides is 1. The first-order valence-electron chi connectivity index (χ1n) is 10.6. The predicted octanol–water partition coefficient (Wildman–Crippen LogP) is 3.42. The zero-order valence-corrected chi connectivity index (χ0v) is 18.6. The van der Waals surface area contributed by atoms with Crippen molar-refractivity contribution in [1.82, 2.24) is 19.8 Å². The number of rotatable bonds is 8. The molecule has 3 aromatic rings. The molecule has 1 aliphatic rings. The fourth-order valence-corrected chi connectivity index (χ4v) is 4.43. The molecule has 2 aromatic carbocycles. The number of hydrogen-bond acceptors (Lipinski definition) is 5. The van der Waals surface area contributed by atoms with Crippen LogP contribution in [0.15, 0.2) is 66.1 Å². The lowest BCUT2D eigenvalue weighted by Crippen LogP contribution is -2.36. The maximum Gasteiger partial charge on any atom is 0.230 e. The Morgan fingerprint density at radius 1 is 1.13 bits per heavy atom. The van der Waals surface area contributed by atoms with Crippen molar-refractivity contribution in [1.29, 1.82) is 0 Å². The summed E-state index contributed by atoms with van der Waals surface area (Å²) in [6, 6.07) is 16.6. The van der Waals surface area contributed by atoms with E-state index in [9.17, 15) is 4.79 Å². The molecule has 2 heterocycles. The van der Waals surface area contributed by atoms with E-state index in [1.54, 1.807) is 6.20 Å². The molecule has 1 saturated heterocycles. The second kappa shape index (κ2) is 10.6. The molecule has 1 aromatic heterocycles. The van der Waals surface area contributed by atoms with E-state index in [0.717, 1.165) is 49.3 Å². The van der Waals surface area contributed by atoms with Gasteiger partial charge in [0.15, 0.2) is 5.16 Å². The van der Waals surface area contributed by atoms with E-state index < -0.39 is 0 Å². The van der Waals surface area contributed by atoms with E-state index in [1.807, 2.05) is 29.0 Å². The molecular formula is C24H28N4O2S. The first kappa shape index (κ1) is 21.6. The van der Waals surface area contributed by atoms with Gasteiger partial charge in [-0.1, -0.05) is 48.2 Å². The van der Waals surface area contributed by atoms with Gasteiger partial charge in [-0.15, -0.1) is 0 Å². The lowest BCUT2D eigenvalue weighted by Gasteiger charge is -2.27. The van der Waals surface area contributed by atoms with Gasteiger partial charge >= 0.3 is 0 Å². The van der Waals surface area contributed by atoms with Gasteiger partial charge in [0, 0.05) is 44.3 Å². The second-order valence-corrected chi connectivity index (χ2v) is 8.58. The van der Waals surface area contributed by atoms with Crippen LogP contribution in [0.1, 0.15) is 16.7 Å². The largest absolute Gasteiger partial charge is 0.379 e. The molecule has 7 heteroatoms. The zero-order valence-electron chi connectivity index (χ0n) is 17.8. The summed E-state index contributed by atoms with van der Waals surface area (Å²) < 4.78 is 7.46. The van der Waals surface area contributed by atoms with Gasteiger partial charge < -0.3 is 10.1 Å². The van der Waals surface area contributed by atoms with Crippen LogP contribution in [-0.2, 0) is 22.6 Å². The van der Waals surface area contributed by atoms with Crippen LogP contribution in [0.25, 0.3) is 5.69 Å². The average Bonchev–Trinajstić information content (AvgIpc) is 3.26. The van der Waals surface area contributed by atoms with Gasteiger partial charge in [0.2, 0.25) is 5.91 Å². The molecule has 31 heavy (non-hydrogen) atoms. The Morgan fingerprint density at radius 2 is 1.94 bits per heavy atom. The fraction of sp³-hybridized carbons (Fsp3) is 0.333. The van der Waals surface area contributed by atoms with Crippen molar-refractivity contribution in [3.05, 3.63) is 77.6 Å². The number of hydrogen-bond donors (Lipinski definition) is 1. The quantitative estimate of drug-likeness (QED) is 0.549. The van der Waals surface area contributed by atoms with Crippen molar-refractivity contribution < 1.29 is 9.53 Å². The Bertz CT molecular complexity index is 1010. The average molecular weight is 437 g/mol. The van der Waals surface area contributed by atoms with Gasteiger partial charge in [0.1, 0.15) is 0 Å². The van der Waals surface area contributed by atoms with Crippen molar-refractivity contribution in [3.63, 3.8) is 0 Å². The normalized spacial score (nSPS) is 14.5. The van der Waals surface area contributed by atoms with Crippen molar-refractivity contribution in [2.24, 2.45) is 0 Å². The van der Waals surface area contributed by atoms with E-state index >= 15 is 0 Å². The van der Waals surface area contributed by atoms with Crippen LogP contribution in [0, 0.1) is 6.92 Å². The molecule has 1 N–H and O–H groups in total. The SMILES string of the molecule is Cc1cccc(-n2ccnc2SCC(=O)NCc2ccccc2CN2CCOCC2)c1. The fourth-order valence-electron chi connectivity index (χ4n) is 3.63. The van der Waals surface area contributed by atoms with Crippen molar-refractivity contribution in [2.45, 2.75) is 25.2 Å². The molecule has 1 aliphatic heterocycles. The minimum Gasteiger partial charge on any atom is -0.379 e. The molecule has 6 nitrogen and oxygen atoms in total. The zero-order chi connectivity index (χ0) is 21.5. The number of aryl methyl sites for hydroxylation is 1. The maximum atomic E-state index is 12.5. The molecule has 0 atom stereocenters. The summed E-state index contributed by atoms with van der Waals surface area (Å²) in [6.07, 6.45) is 3.70. The molecule has 4 rings (SSSR count). The third kappa shape index (κ3) is 5.97. The number of carbonyl (C=O) groups is 1. The molecule has 0 bridgehead atoms. The molecule has 0 unspecified atom stereocenters. The van der Waals surface area contributed by atoms with E-state index in [0.29, 0.717) is 12.3 Å². The van der Waals surface area contributed by atoms with Crippen LogP contribution >= 0.6 is 11.8 Å². The minimum absolute atomic E-state index is 0.00460. The Labute approximate surface area is 187 Å². The van der Waals surface area contributed by atoms with Gasteiger partial charge in [-0.2, -0.15) is 0 Å². The van der Waals surface area contributed by atoms with Crippen molar-refractivity contribution in [3.8, 4) is 5.69 Å². The molecule has 0 radical (unpaired) electrons. The number of benzene rings is 2. The number of imidazole rings is 1. The molecule has 0 spiro atoms. The number of nitrogens with one attached hydrogen (secondary N) is 1. The topological polar surface area (TPSA) is 59.4 Å². The van der Waals surface area contributed by atoms with Crippen LogP contribution in [0.5, 0.6) is 0 Å². The van der Waals surface area contributed by atoms with Crippen molar-refractivity contribution >= 4 is 17.7 Å². The maximum absolute atomic E-state index is 12.5. The third-order valence-corrected chi connectivity index (χ3v) is 6.28. The van der Waals surface area contributed by atoms with Gasteiger partial charge in [-0.05, 0) is 35.7 Å². The summed E-state index contributed by atoms with van der Waals surface area (Å²) in [7, 11) is 0. The van der Waals surface area contributed by atoms with E-state index in [4.69, 9.17) is 4.74 Å². The summed E-state index contributed by atoms with van der Waals surface area (Å²) in [5, 5.41) is 3.88. The van der Waals surface area contributed by atoms with Gasteiger partial charge in [-0.3, -0.25) is 14.3 Å². The Morgan fingerprint density at radius 3 is 2.74 bits per heavy atom. The highest BCUT2D eigenvalue weighted by atomic mass is 32.2. The summed E-state index contributed by atoms with van der Waals surface area (Å²) in [5.41, 5.74) is 4.66. The highest BCUT2D eigenvalue weighted by Crippen LogP contribution is 2.21. The molecule has 0 aliphatic carbocycles. The van der Waals surface area contributed by atoms with E-state index in [-0.39, 0.29) is 5.91 Å². The summed E-state index contributed by atoms with van der Waals surface area (Å²) in [6.45, 7) is 6.96. The van der Waals surface area contributed by atoms with E-state index in [1.165, 1.54) is 22.9 Å². The summed E-state index contributed by atoms with van der Waals surface area (Å²) in [4.78, 5) is 19.3. The van der Waals surface area contributed by atoms with E-state index in [2.05, 4.69) is 52.5 Å². The molecule has 1 amide bonds. The van der Waals surface area contributed by atoms with Gasteiger partial charge in [0.05, 0.1) is 19.0 Å². The number of ether oxygens (including phenoxy) is 1. The number of thioether (sulfide) groups is 1. The van der Waals surface area contributed by atoms with Crippen LogP contribution in [-0.4, -0.2) is 52.4 Å². The number of aromatic nitrogens is 2. The minimum atomic E-state index is 0.00460. The monoisotopic (exact) mass is 436 g/mol. The Kier molecular flexibility index (Phi) is 7.40. The second-order valence-electron chi connectivity index (χ2n) is 7.64. The molecule has 0 saturated carbocycles. The van der Waals surface area contributed by atoms with Gasteiger partial charge in [0.25, 0.3) is 0 Å². The number of morpholine rings is 1. The number of carbonyl (C=O) groups excluding carboxylic acids is 1. The predicted molar refractivity (Wildman–Crippen MR) is 123 cm³/mol.